The smallest absolute Gasteiger partial charge is 0.235 e. The number of rotatable bonds is 4. The normalized spacial score (nSPS) is 25.9. The SMILES string of the molecule is CCC1(CC)CC(=O)N(CC2(C)CCNCC2)C1=O. The summed E-state index contributed by atoms with van der Waals surface area (Å²) in [5, 5.41) is 3.34. The van der Waals surface area contributed by atoms with Gasteiger partial charge in [-0.2, -0.15) is 0 Å². The summed E-state index contributed by atoms with van der Waals surface area (Å²) < 4.78 is 0. The Morgan fingerprint density at radius 2 is 1.74 bits per heavy atom. The van der Waals surface area contributed by atoms with Gasteiger partial charge >= 0.3 is 0 Å². The van der Waals surface area contributed by atoms with Crippen LogP contribution >= 0.6 is 0 Å². The number of carbonyl (C=O) groups excluding carboxylic acids is 2. The topological polar surface area (TPSA) is 49.4 Å². The van der Waals surface area contributed by atoms with Gasteiger partial charge in [-0.05, 0) is 44.2 Å². The summed E-state index contributed by atoms with van der Waals surface area (Å²) >= 11 is 0. The van der Waals surface area contributed by atoms with Crippen molar-refractivity contribution in [1.29, 1.82) is 0 Å². The van der Waals surface area contributed by atoms with E-state index in [4.69, 9.17) is 0 Å². The zero-order valence-corrected chi connectivity index (χ0v) is 12.4. The number of nitrogens with zero attached hydrogens (tertiary/aromatic N) is 1. The lowest BCUT2D eigenvalue weighted by Gasteiger charge is -2.37. The molecule has 2 fully saturated rings. The van der Waals surface area contributed by atoms with Gasteiger partial charge < -0.3 is 5.32 Å². The Balaban J connectivity index is 2.12. The monoisotopic (exact) mass is 266 g/mol. The number of nitrogens with one attached hydrogen (secondary N) is 1. The zero-order chi connectivity index (χ0) is 14.1. The lowest BCUT2D eigenvalue weighted by atomic mass is 9.79. The molecule has 4 nitrogen and oxygen atoms in total. The van der Waals surface area contributed by atoms with Crippen LogP contribution in [0.4, 0.5) is 0 Å². The van der Waals surface area contributed by atoms with Crippen molar-refractivity contribution < 1.29 is 9.59 Å². The molecule has 2 aliphatic rings. The van der Waals surface area contributed by atoms with Crippen molar-refractivity contribution in [3.8, 4) is 0 Å². The maximum absolute atomic E-state index is 12.6. The molecule has 0 aromatic heterocycles. The number of imide groups is 1. The van der Waals surface area contributed by atoms with Crippen LogP contribution in [0, 0.1) is 10.8 Å². The first kappa shape index (κ1) is 14.5. The molecular formula is C15H26N2O2. The standard InChI is InChI=1S/C15H26N2O2/c1-4-15(5-2)10-12(18)17(13(15)19)11-14(3)6-8-16-9-7-14/h16H,4-11H2,1-3H3. The van der Waals surface area contributed by atoms with E-state index >= 15 is 0 Å². The summed E-state index contributed by atoms with van der Waals surface area (Å²) in [5.74, 6) is 0.107. The maximum Gasteiger partial charge on any atom is 0.235 e. The van der Waals surface area contributed by atoms with Gasteiger partial charge in [0.15, 0.2) is 0 Å². The predicted molar refractivity (Wildman–Crippen MR) is 74.6 cm³/mol. The third kappa shape index (κ3) is 2.55. The quantitative estimate of drug-likeness (QED) is 0.791. The highest BCUT2D eigenvalue weighted by Gasteiger charge is 2.50. The van der Waals surface area contributed by atoms with E-state index in [-0.39, 0.29) is 17.2 Å². The van der Waals surface area contributed by atoms with Crippen LogP contribution in [0.15, 0.2) is 0 Å². The van der Waals surface area contributed by atoms with Gasteiger partial charge in [-0.1, -0.05) is 20.8 Å². The minimum absolute atomic E-state index is 0.0356. The van der Waals surface area contributed by atoms with Crippen molar-refractivity contribution in [3.05, 3.63) is 0 Å². The van der Waals surface area contributed by atoms with Crippen molar-refractivity contribution >= 4 is 11.8 Å². The van der Waals surface area contributed by atoms with E-state index in [0.717, 1.165) is 38.8 Å². The Morgan fingerprint density at radius 3 is 2.21 bits per heavy atom. The molecule has 1 N–H and O–H groups in total. The Labute approximate surface area is 115 Å². The van der Waals surface area contributed by atoms with Crippen LogP contribution in [0.3, 0.4) is 0 Å². The van der Waals surface area contributed by atoms with Gasteiger partial charge in [0.1, 0.15) is 0 Å². The molecule has 0 spiro atoms. The second kappa shape index (κ2) is 5.23. The van der Waals surface area contributed by atoms with Gasteiger partial charge in [-0.3, -0.25) is 14.5 Å². The van der Waals surface area contributed by atoms with E-state index in [1.807, 2.05) is 13.8 Å². The fourth-order valence-corrected chi connectivity index (χ4v) is 3.39. The molecule has 2 amide bonds. The van der Waals surface area contributed by atoms with Gasteiger partial charge in [0.25, 0.3) is 0 Å². The zero-order valence-electron chi connectivity index (χ0n) is 12.4. The summed E-state index contributed by atoms with van der Waals surface area (Å²) in [5.41, 5.74) is -0.325. The molecule has 2 rings (SSSR count). The van der Waals surface area contributed by atoms with Crippen LogP contribution in [0.1, 0.15) is 52.9 Å². The molecule has 0 unspecified atom stereocenters. The summed E-state index contributed by atoms with van der Waals surface area (Å²) in [4.78, 5) is 26.4. The van der Waals surface area contributed by atoms with E-state index in [0.29, 0.717) is 13.0 Å². The second-order valence-electron chi connectivity index (χ2n) is 6.51. The highest BCUT2D eigenvalue weighted by Crippen LogP contribution is 2.41. The van der Waals surface area contributed by atoms with Crippen molar-refractivity contribution in [3.63, 3.8) is 0 Å². The first-order chi connectivity index (χ1) is 8.96. The number of likely N-dealkylation sites (tertiary alicyclic amines) is 1. The number of amides is 2. The fraction of sp³-hybridized carbons (Fsp3) is 0.867. The first-order valence-corrected chi connectivity index (χ1v) is 7.52. The molecule has 4 heteroatoms. The largest absolute Gasteiger partial charge is 0.317 e. The van der Waals surface area contributed by atoms with Gasteiger partial charge in [-0.15, -0.1) is 0 Å². The number of hydrogen-bond donors (Lipinski definition) is 1. The molecule has 0 aromatic rings. The lowest BCUT2D eigenvalue weighted by molar-refractivity contribution is -0.143. The van der Waals surface area contributed by atoms with Crippen molar-refractivity contribution in [2.45, 2.75) is 52.9 Å². The van der Waals surface area contributed by atoms with E-state index in [1.165, 1.54) is 0 Å². The average Bonchev–Trinajstić information content (AvgIpc) is 2.64. The van der Waals surface area contributed by atoms with E-state index in [1.54, 1.807) is 4.90 Å². The highest BCUT2D eigenvalue weighted by atomic mass is 16.2. The van der Waals surface area contributed by atoms with Crippen molar-refractivity contribution in [2.75, 3.05) is 19.6 Å². The Bertz CT molecular complexity index is 368. The minimum atomic E-state index is -0.416. The van der Waals surface area contributed by atoms with Crippen molar-refractivity contribution in [2.24, 2.45) is 10.8 Å². The first-order valence-electron chi connectivity index (χ1n) is 7.52. The molecule has 0 atom stereocenters. The van der Waals surface area contributed by atoms with Crippen LogP contribution in [-0.4, -0.2) is 36.3 Å². The van der Waals surface area contributed by atoms with Crippen LogP contribution in [0.25, 0.3) is 0 Å². The molecular weight excluding hydrogens is 240 g/mol. The van der Waals surface area contributed by atoms with Crippen LogP contribution in [0.5, 0.6) is 0 Å². The molecule has 0 bridgehead atoms. The number of hydrogen-bond acceptors (Lipinski definition) is 3. The summed E-state index contributed by atoms with van der Waals surface area (Å²) in [6, 6.07) is 0. The summed E-state index contributed by atoms with van der Waals surface area (Å²) in [6.07, 6.45) is 4.02. The Morgan fingerprint density at radius 1 is 1.16 bits per heavy atom. The van der Waals surface area contributed by atoms with Crippen LogP contribution < -0.4 is 5.32 Å². The van der Waals surface area contributed by atoms with Crippen LogP contribution in [-0.2, 0) is 9.59 Å². The van der Waals surface area contributed by atoms with E-state index in [2.05, 4.69) is 12.2 Å². The fourth-order valence-electron chi connectivity index (χ4n) is 3.39. The molecule has 0 saturated carbocycles. The van der Waals surface area contributed by atoms with E-state index < -0.39 is 5.41 Å². The molecule has 2 heterocycles. The van der Waals surface area contributed by atoms with Crippen LogP contribution in [0.2, 0.25) is 0 Å². The lowest BCUT2D eigenvalue weighted by Crippen LogP contribution is -2.46. The van der Waals surface area contributed by atoms with E-state index in [9.17, 15) is 9.59 Å². The summed E-state index contributed by atoms with van der Waals surface area (Å²) in [6.45, 7) is 8.81. The number of piperidine rings is 1. The molecule has 0 aromatic carbocycles. The van der Waals surface area contributed by atoms with Gasteiger partial charge in [0, 0.05) is 13.0 Å². The van der Waals surface area contributed by atoms with Gasteiger partial charge in [0.05, 0.1) is 5.41 Å². The van der Waals surface area contributed by atoms with Crippen molar-refractivity contribution in [1.82, 2.24) is 10.2 Å². The molecule has 2 aliphatic heterocycles. The average molecular weight is 266 g/mol. The Hall–Kier alpha value is -0.900. The third-order valence-electron chi connectivity index (χ3n) is 5.19. The van der Waals surface area contributed by atoms with Gasteiger partial charge in [-0.25, -0.2) is 0 Å². The third-order valence-corrected chi connectivity index (χ3v) is 5.19. The maximum atomic E-state index is 12.6. The minimum Gasteiger partial charge on any atom is -0.317 e. The number of carbonyl (C=O) groups is 2. The predicted octanol–water partition coefficient (Wildman–Crippen LogP) is 1.94. The summed E-state index contributed by atoms with van der Waals surface area (Å²) in [7, 11) is 0. The molecule has 0 aliphatic carbocycles. The van der Waals surface area contributed by atoms with Gasteiger partial charge in [0.2, 0.25) is 11.8 Å². The molecule has 0 radical (unpaired) electrons. The second-order valence-corrected chi connectivity index (χ2v) is 6.51. The highest BCUT2D eigenvalue weighted by molar-refractivity contribution is 6.05. The molecule has 108 valence electrons. The molecule has 2 saturated heterocycles. The Kier molecular flexibility index (Phi) is 4.00. The molecule has 19 heavy (non-hydrogen) atoms.